The fraction of sp³-hybridized carbons (Fsp3) is 0.304. The van der Waals surface area contributed by atoms with Gasteiger partial charge in [0.2, 0.25) is 11.7 Å². The number of aromatic nitrogens is 2. The number of carbonyl (C=O) groups excluding carboxylic acids is 1. The molecular formula is C23H24ClN5O3. The summed E-state index contributed by atoms with van der Waals surface area (Å²) in [6, 6.07) is 13.3. The number of nitrogens with two attached hydrogens (primary N) is 1. The number of rotatable bonds is 5. The molecule has 0 saturated heterocycles. The highest BCUT2D eigenvalue weighted by Crippen LogP contribution is 2.31. The molecule has 3 aromatic rings. The molecule has 1 aliphatic rings. The SMILES string of the molecule is CC(C)Oc1ccc(-c2nc(-c3cccc4c3CCN(C(=O)CN)C4)no2)cc1C#N.Cl. The van der Waals surface area contributed by atoms with E-state index in [1.165, 1.54) is 0 Å². The first-order valence-electron chi connectivity index (χ1n) is 10.1. The number of nitriles is 1. The molecule has 0 fully saturated rings. The largest absolute Gasteiger partial charge is 0.490 e. The van der Waals surface area contributed by atoms with Gasteiger partial charge >= 0.3 is 0 Å². The van der Waals surface area contributed by atoms with Crippen molar-refractivity contribution in [2.24, 2.45) is 5.73 Å². The summed E-state index contributed by atoms with van der Waals surface area (Å²) in [5.74, 6) is 1.27. The number of ether oxygens (including phenoxy) is 1. The van der Waals surface area contributed by atoms with Crippen LogP contribution < -0.4 is 10.5 Å². The standard InChI is InChI=1S/C23H23N5O3.ClH/c1-14(2)30-20-7-6-15(10-17(20)11-24)23-26-22(27-31-23)19-5-3-4-16-13-28(21(29)12-25)9-8-18(16)19;/h3-7,10,14H,8-9,12-13,25H2,1-2H3;1H. The van der Waals surface area contributed by atoms with Gasteiger partial charge < -0.3 is 19.9 Å². The molecule has 32 heavy (non-hydrogen) atoms. The minimum absolute atomic E-state index is 0. The summed E-state index contributed by atoms with van der Waals surface area (Å²) in [6.45, 7) is 4.95. The van der Waals surface area contributed by atoms with E-state index in [1.807, 2.05) is 32.0 Å². The second kappa shape index (κ2) is 9.81. The van der Waals surface area contributed by atoms with Crippen molar-refractivity contribution in [1.82, 2.24) is 15.0 Å². The van der Waals surface area contributed by atoms with Gasteiger partial charge in [0.15, 0.2) is 0 Å². The van der Waals surface area contributed by atoms with Crippen LogP contribution in [0, 0.1) is 11.3 Å². The molecule has 0 unspecified atom stereocenters. The molecule has 8 nitrogen and oxygen atoms in total. The lowest BCUT2D eigenvalue weighted by Gasteiger charge is -2.29. The molecule has 1 aromatic heterocycles. The highest BCUT2D eigenvalue weighted by atomic mass is 35.5. The lowest BCUT2D eigenvalue weighted by Crippen LogP contribution is -2.39. The summed E-state index contributed by atoms with van der Waals surface area (Å²) >= 11 is 0. The van der Waals surface area contributed by atoms with Crippen LogP contribution in [0.3, 0.4) is 0 Å². The van der Waals surface area contributed by atoms with Crippen molar-refractivity contribution in [3.05, 3.63) is 53.1 Å². The van der Waals surface area contributed by atoms with Gasteiger partial charge in [-0.1, -0.05) is 23.4 Å². The zero-order valence-corrected chi connectivity index (χ0v) is 18.7. The quantitative estimate of drug-likeness (QED) is 0.629. The van der Waals surface area contributed by atoms with Crippen molar-refractivity contribution >= 4 is 18.3 Å². The summed E-state index contributed by atoms with van der Waals surface area (Å²) < 4.78 is 11.2. The predicted octanol–water partition coefficient (Wildman–Crippen LogP) is 3.33. The number of benzene rings is 2. The molecule has 0 radical (unpaired) electrons. The number of nitrogens with zero attached hydrogens (tertiary/aromatic N) is 4. The van der Waals surface area contributed by atoms with E-state index < -0.39 is 0 Å². The van der Waals surface area contributed by atoms with Crippen LogP contribution in [0.1, 0.15) is 30.5 Å². The Hall–Kier alpha value is -3.41. The normalized spacial score (nSPS) is 12.7. The molecule has 166 valence electrons. The third-order valence-corrected chi connectivity index (χ3v) is 5.17. The van der Waals surface area contributed by atoms with Crippen LogP contribution in [0.25, 0.3) is 22.8 Å². The Labute approximate surface area is 192 Å². The topological polar surface area (TPSA) is 118 Å². The van der Waals surface area contributed by atoms with Crippen molar-refractivity contribution in [2.45, 2.75) is 32.9 Å². The fourth-order valence-corrected chi connectivity index (χ4v) is 3.72. The summed E-state index contributed by atoms with van der Waals surface area (Å²) in [6.07, 6.45) is 0.661. The first-order valence-corrected chi connectivity index (χ1v) is 10.1. The lowest BCUT2D eigenvalue weighted by atomic mass is 9.94. The summed E-state index contributed by atoms with van der Waals surface area (Å²) in [5.41, 5.74) is 9.61. The summed E-state index contributed by atoms with van der Waals surface area (Å²) in [7, 11) is 0. The van der Waals surface area contributed by atoms with E-state index >= 15 is 0 Å². The highest BCUT2D eigenvalue weighted by Gasteiger charge is 2.24. The average Bonchev–Trinajstić information content (AvgIpc) is 3.27. The second-order valence-electron chi connectivity index (χ2n) is 7.63. The van der Waals surface area contributed by atoms with E-state index in [0.717, 1.165) is 16.7 Å². The van der Waals surface area contributed by atoms with Gasteiger partial charge in [0.25, 0.3) is 5.89 Å². The molecule has 0 bridgehead atoms. The number of halogens is 1. The number of fused-ring (bicyclic) bond motifs is 1. The molecule has 0 aliphatic carbocycles. The Morgan fingerprint density at radius 1 is 1.34 bits per heavy atom. The minimum Gasteiger partial charge on any atom is -0.490 e. The van der Waals surface area contributed by atoms with E-state index in [4.69, 9.17) is 15.0 Å². The van der Waals surface area contributed by atoms with Crippen molar-refractivity contribution in [3.8, 4) is 34.7 Å². The van der Waals surface area contributed by atoms with E-state index in [-0.39, 0.29) is 31.0 Å². The number of carbonyl (C=O) groups is 1. The zero-order valence-electron chi connectivity index (χ0n) is 17.9. The van der Waals surface area contributed by atoms with E-state index in [2.05, 4.69) is 16.2 Å². The molecule has 1 amide bonds. The third kappa shape index (κ3) is 4.59. The van der Waals surface area contributed by atoms with Crippen LogP contribution in [0.2, 0.25) is 0 Å². The second-order valence-corrected chi connectivity index (χ2v) is 7.63. The Kier molecular flexibility index (Phi) is 7.13. The van der Waals surface area contributed by atoms with Crippen molar-refractivity contribution in [2.75, 3.05) is 13.1 Å². The van der Waals surface area contributed by atoms with Crippen LogP contribution in [0.15, 0.2) is 40.9 Å². The maximum absolute atomic E-state index is 12.0. The van der Waals surface area contributed by atoms with Crippen LogP contribution >= 0.6 is 12.4 Å². The summed E-state index contributed by atoms with van der Waals surface area (Å²) in [4.78, 5) is 18.3. The maximum Gasteiger partial charge on any atom is 0.258 e. The monoisotopic (exact) mass is 453 g/mol. The van der Waals surface area contributed by atoms with E-state index in [0.29, 0.717) is 48.1 Å². The van der Waals surface area contributed by atoms with Crippen LogP contribution in [0.5, 0.6) is 5.75 Å². The highest BCUT2D eigenvalue weighted by molar-refractivity contribution is 5.85. The number of amides is 1. The van der Waals surface area contributed by atoms with Crippen LogP contribution in [-0.2, 0) is 17.8 Å². The van der Waals surface area contributed by atoms with Crippen LogP contribution in [0.4, 0.5) is 0 Å². The molecule has 9 heteroatoms. The molecule has 0 atom stereocenters. The van der Waals surface area contributed by atoms with Gasteiger partial charge in [-0.3, -0.25) is 4.79 Å². The van der Waals surface area contributed by atoms with Gasteiger partial charge in [-0.25, -0.2) is 0 Å². The van der Waals surface area contributed by atoms with Gasteiger partial charge in [0, 0.05) is 24.2 Å². The van der Waals surface area contributed by atoms with Gasteiger partial charge in [0.1, 0.15) is 11.8 Å². The van der Waals surface area contributed by atoms with Gasteiger partial charge in [-0.15, -0.1) is 12.4 Å². The van der Waals surface area contributed by atoms with E-state index in [1.54, 1.807) is 23.1 Å². The Balaban J connectivity index is 0.00000289. The number of hydrogen-bond donors (Lipinski definition) is 1. The van der Waals surface area contributed by atoms with E-state index in [9.17, 15) is 10.1 Å². The van der Waals surface area contributed by atoms with Crippen LogP contribution in [-0.4, -0.2) is 40.1 Å². The van der Waals surface area contributed by atoms with Gasteiger partial charge in [0.05, 0.1) is 18.2 Å². The molecule has 4 rings (SSSR count). The number of hydrogen-bond acceptors (Lipinski definition) is 7. The summed E-state index contributed by atoms with van der Waals surface area (Å²) in [5, 5.41) is 13.6. The maximum atomic E-state index is 12.0. The Morgan fingerprint density at radius 2 is 2.16 bits per heavy atom. The van der Waals surface area contributed by atoms with Crippen molar-refractivity contribution in [1.29, 1.82) is 5.26 Å². The molecule has 2 N–H and O–H groups in total. The molecule has 2 aromatic carbocycles. The third-order valence-electron chi connectivity index (χ3n) is 5.17. The first-order chi connectivity index (χ1) is 15.0. The molecule has 1 aliphatic heterocycles. The molecule has 0 saturated carbocycles. The average molecular weight is 454 g/mol. The Bertz CT molecular complexity index is 1170. The predicted molar refractivity (Wildman–Crippen MR) is 121 cm³/mol. The molecule has 2 heterocycles. The minimum atomic E-state index is -0.0592. The first kappa shape index (κ1) is 23.3. The molecule has 0 spiro atoms. The van der Waals surface area contributed by atoms with Gasteiger partial charge in [-0.2, -0.15) is 10.2 Å². The zero-order chi connectivity index (χ0) is 22.0. The van der Waals surface area contributed by atoms with Crippen molar-refractivity contribution < 1.29 is 14.1 Å². The Morgan fingerprint density at radius 3 is 2.88 bits per heavy atom. The lowest BCUT2D eigenvalue weighted by molar-refractivity contribution is -0.130. The van der Waals surface area contributed by atoms with Gasteiger partial charge in [-0.05, 0) is 49.6 Å². The van der Waals surface area contributed by atoms with Crippen molar-refractivity contribution in [3.63, 3.8) is 0 Å². The fourth-order valence-electron chi connectivity index (χ4n) is 3.72. The molecular weight excluding hydrogens is 430 g/mol. The smallest absolute Gasteiger partial charge is 0.258 e.